The lowest BCUT2D eigenvalue weighted by molar-refractivity contribution is 0.0943. The molecule has 4 aromatic rings. The molecule has 0 aliphatic heterocycles. The lowest BCUT2D eigenvalue weighted by Crippen LogP contribution is -2.44. The van der Waals surface area contributed by atoms with Gasteiger partial charge in [-0.1, -0.05) is 18.1 Å². The number of aromatic nitrogens is 3. The number of amides is 4. The molecule has 7 N–H and O–H groups in total. The van der Waals surface area contributed by atoms with Crippen LogP contribution in [0.3, 0.4) is 0 Å². The van der Waals surface area contributed by atoms with Gasteiger partial charge in [0.15, 0.2) is 0 Å². The molecule has 3 heterocycles. The number of hydrogen-bond acceptors (Lipinski definition) is 8. The maximum Gasteiger partial charge on any atom is 0.272 e. The Balaban J connectivity index is 1.46. The summed E-state index contributed by atoms with van der Waals surface area (Å²) in [6, 6.07) is 9.85. The molecule has 0 unspecified atom stereocenters. The number of anilines is 3. The van der Waals surface area contributed by atoms with Gasteiger partial charge in [0.25, 0.3) is 23.6 Å². The summed E-state index contributed by atoms with van der Waals surface area (Å²) in [6.45, 7) is 2.45. The average Bonchev–Trinajstić information content (AvgIpc) is 3.79. The highest BCUT2D eigenvalue weighted by Crippen LogP contribution is 2.25. The van der Waals surface area contributed by atoms with Crippen molar-refractivity contribution in [1.82, 2.24) is 24.4 Å². The van der Waals surface area contributed by atoms with Crippen LogP contribution in [0.25, 0.3) is 0 Å². The number of aryl methyl sites for hydroxylation is 4. The standard InChI is InChI=1S/C33H41ClN10O6/c1-6-20-7-8-21(13-28(20)50-5)33(48)44(37-12-10-34)24-16-27(43(4)19-24)32(47)39-23-15-26(42(3)18-23)31(46)38-22-14-25(41(2)17-22)30(45)36-11-9-29(35)40-49/h7-8,13-19,37,49H,6,9-12H2,1-5H3,(H2,35,40)(H,36,45)(H,38,46)(H,39,47). The first-order valence-corrected chi connectivity index (χ1v) is 16.1. The lowest BCUT2D eigenvalue weighted by Gasteiger charge is -2.22. The Kier molecular flexibility index (Phi) is 12.3. The van der Waals surface area contributed by atoms with Crippen molar-refractivity contribution in [2.45, 2.75) is 19.8 Å². The van der Waals surface area contributed by atoms with Gasteiger partial charge in [-0.15, -0.1) is 11.6 Å². The van der Waals surface area contributed by atoms with E-state index >= 15 is 0 Å². The number of amidine groups is 1. The third-order valence-electron chi connectivity index (χ3n) is 7.75. The van der Waals surface area contributed by atoms with Gasteiger partial charge in [0.05, 0.1) is 24.2 Å². The Bertz CT molecular complexity index is 1910. The summed E-state index contributed by atoms with van der Waals surface area (Å²) >= 11 is 5.93. The van der Waals surface area contributed by atoms with Crippen LogP contribution in [0.5, 0.6) is 5.75 Å². The number of carbonyl (C=O) groups excluding carboxylic acids is 4. The van der Waals surface area contributed by atoms with E-state index in [0.717, 1.165) is 12.0 Å². The zero-order valence-corrected chi connectivity index (χ0v) is 29.2. The van der Waals surface area contributed by atoms with E-state index < -0.39 is 17.7 Å². The number of halogens is 1. The monoisotopic (exact) mass is 708 g/mol. The summed E-state index contributed by atoms with van der Waals surface area (Å²) in [5.74, 6) is -0.880. The number of alkyl halides is 1. The van der Waals surface area contributed by atoms with Crippen LogP contribution in [0.1, 0.15) is 60.7 Å². The van der Waals surface area contributed by atoms with Crippen molar-refractivity contribution in [3.8, 4) is 5.75 Å². The number of nitrogens with one attached hydrogen (secondary N) is 4. The number of carbonyl (C=O) groups is 4. The van der Waals surface area contributed by atoms with E-state index in [-0.39, 0.29) is 54.2 Å². The summed E-state index contributed by atoms with van der Waals surface area (Å²) < 4.78 is 10.2. The fraction of sp³-hybridized carbons (Fsp3) is 0.303. The first-order chi connectivity index (χ1) is 23.9. The van der Waals surface area contributed by atoms with Crippen LogP contribution in [-0.4, -0.2) is 74.5 Å². The van der Waals surface area contributed by atoms with Crippen molar-refractivity contribution in [2.75, 3.05) is 41.7 Å². The van der Waals surface area contributed by atoms with E-state index in [4.69, 9.17) is 27.3 Å². The smallest absolute Gasteiger partial charge is 0.272 e. The predicted molar refractivity (Wildman–Crippen MR) is 190 cm³/mol. The number of ether oxygens (including phenoxy) is 1. The van der Waals surface area contributed by atoms with Gasteiger partial charge in [0.1, 0.15) is 28.7 Å². The second-order valence-corrected chi connectivity index (χ2v) is 11.6. The minimum absolute atomic E-state index is 0.0129. The van der Waals surface area contributed by atoms with E-state index in [1.54, 1.807) is 78.7 Å². The molecule has 0 bridgehead atoms. The van der Waals surface area contributed by atoms with Crippen molar-refractivity contribution in [3.63, 3.8) is 0 Å². The number of rotatable bonds is 15. The first kappa shape index (κ1) is 37.1. The van der Waals surface area contributed by atoms with E-state index in [0.29, 0.717) is 28.4 Å². The van der Waals surface area contributed by atoms with E-state index in [2.05, 4.69) is 26.5 Å². The number of methoxy groups -OCH3 is 1. The SMILES string of the molecule is CCc1ccc(C(=O)N(NCCCl)c2cc(C(=O)Nc3cc(C(=O)Nc4cc(C(=O)NCC/C(N)=N/O)n(C)c4)n(C)c3)n(C)c2)cc1OC. The van der Waals surface area contributed by atoms with Gasteiger partial charge in [-0.25, -0.2) is 10.4 Å². The van der Waals surface area contributed by atoms with E-state index in [9.17, 15) is 19.2 Å². The normalized spacial score (nSPS) is 11.3. The molecular formula is C33H41ClN10O6. The minimum Gasteiger partial charge on any atom is -0.496 e. The van der Waals surface area contributed by atoms with Gasteiger partial charge in [0, 0.05) is 70.7 Å². The van der Waals surface area contributed by atoms with E-state index in [1.165, 1.54) is 17.1 Å². The van der Waals surface area contributed by atoms with Gasteiger partial charge in [0.2, 0.25) is 0 Å². The maximum atomic E-state index is 13.6. The van der Waals surface area contributed by atoms with Crippen LogP contribution in [0.4, 0.5) is 17.1 Å². The van der Waals surface area contributed by atoms with Gasteiger partial charge >= 0.3 is 0 Å². The average molecular weight is 709 g/mol. The van der Waals surface area contributed by atoms with Crippen LogP contribution in [-0.2, 0) is 27.6 Å². The Labute approximate surface area is 293 Å². The molecule has 0 saturated carbocycles. The summed E-state index contributed by atoms with van der Waals surface area (Å²) in [6.07, 6.45) is 5.73. The first-order valence-electron chi connectivity index (χ1n) is 15.6. The van der Waals surface area contributed by atoms with Crippen LogP contribution >= 0.6 is 11.6 Å². The quantitative estimate of drug-likeness (QED) is 0.0356. The molecule has 16 nitrogen and oxygen atoms in total. The largest absolute Gasteiger partial charge is 0.496 e. The fourth-order valence-electron chi connectivity index (χ4n) is 5.18. The highest BCUT2D eigenvalue weighted by molar-refractivity contribution is 6.18. The molecule has 3 aromatic heterocycles. The molecule has 266 valence electrons. The van der Waals surface area contributed by atoms with E-state index in [1.807, 2.05) is 13.0 Å². The zero-order chi connectivity index (χ0) is 36.5. The Morgan fingerprint density at radius 1 is 0.880 bits per heavy atom. The molecule has 0 aliphatic rings. The molecular weight excluding hydrogens is 668 g/mol. The number of hydrazine groups is 1. The fourth-order valence-corrected chi connectivity index (χ4v) is 5.26. The van der Waals surface area contributed by atoms with Crippen LogP contribution < -0.4 is 36.9 Å². The molecule has 0 fully saturated rings. The number of nitrogens with two attached hydrogens (primary N) is 1. The predicted octanol–water partition coefficient (Wildman–Crippen LogP) is 3.03. The summed E-state index contributed by atoms with van der Waals surface area (Å²) in [7, 11) is 6.54. The molecule has 0 radical (unpaired) electrons. The van der Waals surface area contributed by atoms with Crippen molar-refractivity contribution >= 4 is 58.1 Å². The molecule has 0 saturated heterocycles. The van der Waals surface area contributed by atoms with Crippen LogP contribution in [0, 0.1) is 0 Å². The number of oxime groups is 1. The molecule has 4 rings (SSSR count). The van der Waals surface area contributed by atoms with Gasteiger partial charge < -0.3 is 45.3 Å². The molecule has 17 heteroatoms. The number of hydrogen-bond donors (Lipinski definition) is 6. The summed E-state index contributed by atoms with van der Waals surface area (Å²) in [4.78, 5) is 52.8. The Hall–Kier alpha value is -5.74. The maximum absolute atomic E-state index is 13.6. The molecule has 4 amide bonds. The molecule has 0 aliphatic carbocycles. The topological polar surface area (TPSA) is 202 Å². The number of benzene rings is 1. The highest BCUT2D eigenvalue weighted by Gasteiger charge is 2.24. The Morgan fingerprint density at radius 3 is 2.02 bits per heavy atom. The van der Waals surface area contributed by atoms with Crippen molar-refractivity contribution in [2.24, 2.45) is 32.0 Å². The Morgan fingerprint density at radius 2 is 1.46 bits per heavy atom. The summed E-state index contributed by atoms with van der Waals surface area (Å²) in [5.41, 5.74) is 11.7. The third-order valence-corrected chi connectivity index (χ3v) is 7.94. The van der Waals surface area contributed by atoms with Gasteiger partial charge in [-0.3, -0.25) is 19.2 Å². The van der Waals surface area contributed by atoms with Crippen molar-refractivity contribution in [1.29, 1.82) is 0 Å². The van der Waals surface area contributed by atoms with Crippen LogP contribution in [0.15, 0.2) is 60.1 Å². The minimum atomic E-state index is -0.472. The van der Waals surface area contributed by atoms with Gasteiger partial charge in [-0.05, 0) is 42.3 Å². The van der Waals surface area contributed by atoms with Crippen LogP contribution in [0.2, 0.25) is 0 Å². The molecule has 1 aromatic carbocycles. The highest BCUT2D eigenvalue weighted by atomic mass is 35.5. The zero-order valence-electron chi connectivity index (χ0n) is 28.4. The second-order valence-electron chi connectivity index (χ2n) is 11.3. The third kappa shape index (κ3) is 8.64. The second kappa shape index (κ2) is 16.6. The summed E-state index contributed by atoms with van der Waals surface area (Å²) in [5, 5.41) is 21.1. The lowest BCUT2D eigenvalue weighted by atomic mass is 10.1. The molecule has 0 atom stereocenters. The van der Waals surface area contributed by atoms with Crippen molar-refractivity contribution < 1.29 is 29.1 Å². The number of nitrogens with zero attached hydrogens (tertiary/aromatic N) is 5. The molecule has 50 heavy (non-hydrogen) atoms. The molecule has 0 spiro atoms. The van der Waals surface area contributed by atoms with Crippen molar-refractivity contribution in [3.05, 3.63) is 83.2 Å². The van der Waals surface area contributed by atoms with Gasteiger partial charge in [-0.2, -0.15) is 0 Å².